The molecule has 3 atom stereocenters. The van der Waals surface area contributed by atoms with Crippen molar-refractivity contribution in [1.82, 2.24) is 0 Å². The summed E-state index contributed by atoms with van der Waals surface area (Å²) >= 11 is 0. The van der Waals surface area contributed by atoms with Crippen molar-refractivity contribution < 1.29 is 40.2 Å². The molecule has 0 aromatic heterocycles. The van der Waals surface area contributed by atoms with Crippen molar-refractivity contribution in [3.63, 3.8) is 0 Å². The van der Waals surface area contributed by atoms with Crippen LogP contribution < -0.4 is 0 Å². The lowest BCUT2D eigenvalue weighted by atomic mass is 10.1. The van der Waals surface area contributed by atoms with E-state index >= 15 is 0 Å². The van der Waals surface area contributed by atoms with E-state index in [2.05, 4.69) is 6.92 Å². The van der Waals surface area contributed by atoms with Gasteiger partial charge in [0, 0.05) is 0 Å². The number of aliphatic carboxylic acids is 2. The Morgan fingerprint density at radius 1 is 0.900 bits per heavy atom. The second-order valence-corrected chi connectivity index (χ2v) is 4.25. The molecule has 0 aromatic carbocycles. The van der Waals surface area contributed by atoms with Gasteiger partial charge in [-0.2, -0.15) is 0 Å². The topological polar surface area (TPSA) is 156 Å². The molecule has 0 amide bonds. The van der Waals surface area contributed by atoms with Crippen molar-refractivity contribution in [1.29, 1.82) is 0 Å². The smallest absolute Gasteiger partial charge is 0.335 e. The first-order chi connectivity index (χ1) is 9.27. The SMILES string of the molecule is CCCCCCC(O)CO.O=C(O)C(O)C(O)C(=O)O. The van der Waals surface area contributed by atoms with Crippen molar-refractivity contribution in [3.8, 4) is 0 Å². The zero-order chi connectivity index (χ0) is 16.1. The first kappa shape index (κ1) is 21.1. The molecule has 0 heterocycles. The van der Waals surface area contributed by atoms with Gasteiger partial charge in [-0.3, -0.25) is 0 Å². The molecular formula is C12H24O8. The van der Waals surface area contributed by atoms with Gasteiger partial charge < -0.3 is 30.6 Å². The fourth-order valence-electron chi connectivity index (χ4n) is 1.17. The third-order valence-electron chi connectivity index (χ3n) is 2.41. The first-order valence-corrected chi connectivity index (χ1v) is 6.38. The van der Waals surface area contributed by atoms with Crippen molar-refractivity contribution >= 4 is 11.9 Å². The van der Waals surface area contributed by atoms with Crippen molar-refractivity contribution in [2.75, 3.05) is 6.61 Å². The highest BCUT2D eigenvalue weighted by Gasteiger charge is 2.29. The molecule has 6 N–H and O–H groups in total. The molecule has 120 valence electrons. The van der Waals surface area contributed by atoms with E-state index < -0.39 is 30.3 Å². The van der Waals surface area contributed by atoms with Gasteiger partial charge in [-0.15, -0.1) is 0 Å². The summed E-state index contributed by atoms with van der Waals surface area (Å²) < 4.78 is 0. The van der Waals surface area contributed by atoms with Gasteiger partial charge >= 0.3 is 11.9 Å². The molecule has 0 rings (SSSR count). The lowest BCUT2D eigenvalue weighted by molar-refractivity contribution is -0.165. The van der Waals surface area contributed by atoms with Crippen LogP contribution in [-0.4, -0.2) is 67.5 Å². The van der Waals surface area contributed by atoms with Gasteiger partial charge in [0.15, 0.2) is 12.2 Å². The molecule has 8 nitrogen and oxygen atoms in total. The van der Waals surface area contributed by atoms with Crippen LogP contribution in [0.4, 0.5) is 0 Å². The summed E-state index contributed by atoms with van der Waals surface area (Å²) in [6.07, 6.45) is 0.388. The largest absolute Gasteiger partial charge is 0.479 e. The zero-order valence-electron chi connectivity index (χ0n) is 11.5. The van der Waals surface area contributed by atoms with Gasteiger partial charge in [-0.05, 0) is 6.42 Å². The monoisotopic (exact) mass is 296 g/mol. The van der Waals surface area contributed by atoms with Gasteiger partial charge in [-0.25, -0.2) is 9.59 Å². The Morgan fingerprint density at radius 2 is 1.35 bits per heavy atom. The van der Waals surface area contributed by atoms with E-state index in [0.717, 1.165) is 12.8 Å². The predicted molar refractivity (Wildman–Crippen MR) is 69.1 cm³/mol. The summed E-state index contributed by atoms with van der Waals surface area (Å²) in [6.45, 7) is 2.06. The molecule has 0 aromatic rings. The van der Waals surface area contributed by atoms with Crippen molar-refractivity contribution in [3.05, 3.63) is 0 Å². The van der Waals surface area contributed by atoms with E-state index in [-0.39, 0.29) is 6.61 Å². The van der Waals surface area contributed by atoms with E-state index in [4.69, 9.17) is 30.6 Å². The Kier molecular flexibility index (Phi) is 13.5. The maximum Gasteiger partial charge on any atom is 0.335 e. The average Bonchev–Trinajstić information content (AvgIpc) is 2.42. The quantitative estimate of drug-likeness (QED) is 0.302. The van der Waals surface area contributed by atoms with Crippen molar-refractivity contribution in [2.24, 2.45) is 0 Å². The summed E-state index contributed by atoms with van der Waals surface area (Å²) in [5.41, 5.74) is 0. The number of unbranched alkanes of at least 4 members (excludes halogenated alkanes) is 3. The summed E-state index contributed by atoms with van der Waals surface area (Å²) in [4.78, 5) is 19.5. The molecule has 0 saturated heterocycles. The molecule has 0 aliphatic carbocycles. The Balaban J connectivity index is 0. The second-order valence-electron chi connectivity index (χ2n) is 4.25. The molecule has 0 saturated carbocycles. The predicted octanol–water partition coefficient (Wildman–Crippen LogP) is -0.813. The van der Waals surface area contributed by atoms with E-state index in [0.29, 0.717) is 0 Å². The molecule has 0 radical (unpaired) electrons. The molecule has 0 aliphatic heterocycles. The fourth-order valence-corrected chi connectivity index (χ4v) is 1.17. The zero-order valence-corrected chi connectivity index (χ0v) is 11.5. The molecule has 8 heteroatoms. The molecule has 0 fully saturated rings. The minimum atomic E-state index is -2.27. The van der Waals surface area contributed by atoms with Crippen molar-refractivity contribution in [2.45, 2.75) is 57.3 Å². The number of aliphatic hydroxyl groups is 4. The maximum absolute atomic E-state index is 9.77. The fraction of sp³-hybridized carbons (Fsp3) is 0.833. The third kappa shape index (κ3) is 11.8. The number of rotatable bonds is 9. The number of hydrogen-bond donors (Lipinski definition) is 6. The van der Waals surface area contributed by atoms with Crippen LogP contribution in [0, 0.1) is 0 Å². The summed E-state index contributed by atoms with van der Waals surface area (Å²) in [5, 5.41) is 49.9. The van der Waals surface area contributed by atoms with E-state index in [1.165, 1.54) is 19.3 Å². The van der Waals surface area contributed by atoms with Crippen LogP contribution in [0.5, 0.6) is 0 Å². The molecule has 0 spiro atoms. The van der Waals surface area contributed by atoms with Gasteiger partial charge in [0.1, 0.15) is 0 Å². The van der Waals surface area contributed by atoms with Crippen LogP contribution in [0.25, 0.3) is 0 Å². The summed E-state index contributed by atoms with van der Waals surface area (Å²) in [7, 11) is 0. The first-order valence-electron chi connectivity index (χ1n) is 6.38. The molecule has 0 aliphatic rings. The molecular weight excluding hydrogens is 272 g/mol. The summed E-state index contributed by atoms with van der Waals surface area (Å²) in [5.74, 6) is -3.54. The van der Waals surface area contributed by atoms with E-state index in [9.17, 15) is 9.59 Å². The Labute approximate surface area is 117 Å². The highest BCUT2D eigenvalue weighted by atomic mass is 16.4. The van der Waals surface area contributed by atoms with Crippen LogP contribution in [0.15, 0.2) is 0 Å². The second kappa shape index (κ2) is 12.8. The van der Waals surface area contributed by atoms with E-state index in [1.807, 2.05) is 0 Å². The molecule has 0 bridgehead atoms. The Bertz CT molecular complexity index is 250. The van der Waals surface area contributed by atoms with Gasteiger partial charge in [0.25, 0.3) is 0 Å². The third-order valence-corrected chi connectivity index (χ3v) is 2.41. The Morgan fingerprint density at radius 3 is 1.65 bits per heavy atom. The highest BCUT2D eigenvalue weighted by molar-refractivity contribution is 5.83. The number of aliphatic hydroxyl groups excluding tert-OH is 4. The van der Waals surface area contributed by atoms with Gasteiger partial charge in [-0.1, -0.05) is 32.6 Å². The van der Waals surface area contributed by atoms with Gasteiger partial charge in [0.05, 0.1) is 12.7 Å². The minimum Gasteiger partial charge on any atom is -0.479 e. The maximum atomic E-state index is 9.77. The number of hydrogen-bond acceptors (Lipinski definition) is 6. The van der Waals surface area contributed by atoms with Crippen LogP contribution in [-0.2, 0) is 9.59 Å². The lowest BCUT2D eigenvalue weighted by Crippen LogP contribution is -2.39. The number of carbonyl (C=O) groups is 2. The minimum absolute atomic E-state index is 0.0911. The van der Waals surface area contributed by atoms with E-state index in [1.54, 1.807) is 0 Å². The van der Waals surface area contributed by atoms with Crippen LogP contribution >= 0.6 is 0 Å². The normalized spacial score (nSPS) is 14.7. The number of carboxylic acid groups (broad SMARTS) is 2. The number of carboxylic acids is 2. The molecule has 3 unspecified atom stereocenters. The van der Waals surface area contributed by atoms with Gasteiger partial charge in [0.2, 0.25) is 0 Å². The standard InChI is InChI=1S/C8H18O2.C4H6O6/c1-2-3-4-5-6-8(10)7-9;5-1(3(7)8)2(6)4(9)10/h8-10H,2-7H2,1H3;1-2,5-6H,(H,7,8)(H,9,10). The van der Waals surface area contributed by atoms with Crippen LogP contribution in [0.1, 0.15) is 39.0 Å². The van der Waals surface area contributed by atoms with Crippen LogP contribution in [0.2, 0.25) is 0 Å². The highest BCUT2D eigenvalue weighted by Crippen LogP contribution is 2.04. The Hall–Kier alpha value is -1.22. The summed E-state index contributed by atoms with van der Waals surface area (Å²) in [6, 6.07) is 0. The average molecular weight is 296 g/mol. The lowest BCUT2D eigenvalue weighted by Gasteiger charge is -2.07. The van der Waals surface area contributed by atoms with Crippen LogP contribution in [0.3, 0.4) is 0 Å². The molecule has 20 heavy (non-hydrogen) atoms.